The Balaban J connectivity index is 2.78. The van der Waals surface area contributed by atoms with Crippen molar-refractivity contribution in [2.75, 3.05) is 0 Å². The molecule has 0 aliphatic carbocycles. The zero-order valence-corrected chi connectivity index (χ0v) is 8.75. The van der Waals surface area contributed by atoms with Gasteiger partial charge in [0.1, 0.15) is 5.15 Å². The Kier molecular flexibility index (Phi) is 2.46. The van der Waals surface area contributed by atoms with E-state index in [4.69, 9.17) is 28.3 Å². The smallest absolute Gasteiger partial charge is 0.374 e. The average Bonchev–Trinajstić information content (AvgIpc) is 2.18. The van der Waals surface area contributed by atoms with Crippen LogP contribution >= 0.6 is 23.2 Å². The molecule has 1 heterocycles. The second-order valence-electron chi connectivity index (χ2n) is 2.80. The number of aromatic carboxylic acids is 1. The third-order valence-electron chi connectivity index (χ3n) is 1.80. The van der Waals surface area contributed by atoms with Crippen LogP contribution in [0, 0.1) is 0 Å². The standard InChI is InChI=1S/C9H4Cl2N2O2/c10-4-1-2-6-5(3-4)7(11)13-8(12-6)9(14)15/h1-3H,(H,14,15). The third-order valence-corrected chi connectivity index (χ3v) is 2.33. The molecule has 1 aromatic heterocycles. The van der Waals surface area contributed by atoms with Gasteiger partial charge in [-0.05, 0) is 18.2 Å². The highest BCUT2D eigenvalue weighted by Gasteiger charge is 2.11. The van der Waals surface area contributed by atoms with E-state index in [0.717, 1.165) is 0 Å². The van der Waals surface area contributed by atoms with Crippen LogP contribution in [0.3, 0.4) is 0 Å². The number of rotatable bonds is 1. The van der Waals surface area contributed by atoms with Crippen LogP contribution in [-0.2, 0) is 0 Å². The van der Waals surface area contributed by atoms with Crippen molar-refractivity contribution in [3.63, 3.8) is 0 Å². The predicted molar refractivity (Wildman–Crippen MR) is 56.5 cm³/mol. The van der Waals surface area contributed by atoms with E-state index in [9.17, 15) is 4.79 Å². The summed E-state index contributed by atoms with van der Waals surface area (Å²) in [5.41, 5.74) is 0.455. The van der Waals surface area contributed by atoms with Gasteiger partial charge in [-0.25, -0.2) is 14.8 Å². The molecule has 0 radical (unpaired) electrons. The first kappa shape index (κ1) is 10.1. The second-order valence-corrected chi connectivity index (χ2v) is 3.60. The molecule has 0 spiro atoms. The Morgan fingerprint density at radius 1 is 1.27 bits per heavy atom. The molecule has 0 bridgehead atoms. The number of halogens is 2. The van der Waals surface area contributed by atoms with E-state index in [1.54, 1.807) is 18.2 Å². The van der Waals surface area contributed by atoms with Gasteiger partial charge >= 0.3 is 5.97 Å². The lowest BCUT2D eigenvalue weighted by Gasteiger charge is -2.01. The van der Waals surface area contributed by atoms with Crippen molar-refractivity contribution in [1.29, 1.82) is 0 Å². The first-order chi connectivity index (χ1) is 7.08. The van der Waals surface area contributed by atoms with Gasteiger partial charge in [-0.1, -0.05) is 23.2 Å². The van der Waals surface area contributed by atoms with E-state index in [2.05, 4.69) is 9.97 Å². The van der Waals surface area contributed by atoms with Gasteiger partial charge < -0.3 is 5.11 Å². The third kappa shape index (κ3) is 1.86. The molecule has 0 amide bonds. The average molecular weight is 243 g/mol. The van der Waals surface area contributed by atoms with Crippen molar-refractivity contribution in [2.45, 2.75) is 0 Å². The van der Waals surface area contributed by atoms with Crippen LogP contribution in [0.25, 0.3) is 10.9 Å². The number of carboxylic acids is 1. The Labute approximate surface area is 94.5 Å². The van der Waals surface area contributed by atoms with Gasteiger partial charge in [0.15, 0.2) is 0 Å². The molecule has 0 saturated carbocycles. The van der Waals surface area contributed by atoms with Gasteiger partial charge in [0, 0.05) is 10.4 Å². The minimum absolute atomic E-state index is 0.0832. The fourth-order valence-corrected chi connectivity index (χ4v) is 1.56. The van der Waals surface area contributed by atoms with Gasteiger partial charge in [0.05, 0.1) is 5.52 Å². The summed E-state index contributed by atoms with van der Waals surface area (Å²) in [7, 11) is 0. The summed E-state index contributed by atoms with van der Waals surface area (Å²) < 4.78 is 0. The number of fused-ring (bicyclic) bond motifs is 1. The number of benzene rings is 1. The minimum Gasteiger partial charge on any atom is -0.475 e. The molecule has 0 atom stereocenters. The molecule has 4 nitrogen and oxygen atoms in total. The summed E-state index contributed by atoms with van der Waals surface area (Å²) in [6, 6.07) is 4.79. The maximum Gasteiger partial charge on any atom is 0.374 e. The van der Waals surface area contributed by atoms with Gasteiger partial charge in [-0.3, -0.25) is 0 Å². The van der Waals surface area contributed by atoms with E-state index in [1.807, 2.05) is 0 Å². The molecule has 15 heavy (non-hydrogen) atoms. The Bertz CT molecular complexity index is 557. The van der Waals surface area contributed by atoms with Crippen LogP contribution in [-0.4, -0.2) is 21.0 Å². The van der Waals surface area contributed by atoms with E-state index in [1.165, 1.54) is 0 Å². The fourth-order valence-electron chi connectivity index (χ4n) is 1.16. The highest BCUT2D eigenvalue weighted by Crippen LogP contribution is 2.23. The lowest BCUT2D eigenvalue weighted by molar-refractivity contribution is 0.0684. The Morgan fingerprint density at radius 2 is 2.00 bits per heavy atom. The van der Waals surface area contributed by atoms with Gasteiger partial charge in [-0.15, -0.1) is 0 Å². The molecule has 2 aromatic rings. The quantitative estimate of drug-likeness (QED) is 0.782. The fraction of sp³-hybridized carbons (Fsp3) is 0. The van der Waals surface area contributed by atoms with Crippen molar-refractivity contribution in [3.05, 3.63) is 34.2 Å². The van der Waals surface area contributed by atoms with Crippen LogP contribution in [0.2, 0.25) is 10.2 Å². The first-order valence-electron chi connectivity index (χ1n) is 3.94. The number of carboxylic acid groups (broad SMARTS) is 1. The normalized spacial score (nSPS) is 10.5. The van der Waals surface area contributed by atoms with Gasteiger partial charge in [0.2, 0.25) is 5.82 Å². The summed E-state index contributed by atoms with van der Waals surface area (Å²) in [4.78, 5) is 18.1. The van der Waals surface area contributed by atoms with E-state index in [-0.39, 0.29) is 11.0 Å². The van der Waals surface area contributed by atoms with Crippen LogP contribution < -0.4 is 0 Å². The number of aromatic nitrogens is 2. The van der Waals surface area contributed by atoms with Crippen molar-refractivity contribution in [1.82, 2.24) is 9.97 Å². The molecule has 1 N–H and O–H groups in total. The summed E-state index contributed by atoms with van der Waals surface area (Å²) in [5.74, 6) is -1.54. The van der Waals surface area contributed by atoms with Crippen molar-refractivity contribution >= 4 is 40.1 Å². The number of hydrogen-bond acceptors (Lipinski definition) is 3. The minimum atomic E-state index is -1.21. The molecular formula is C9H4Cl2N2O2. The Morgan fingerprint density at radius 3 is 2.67 bits per heavy atom. The van der Waals surface area contributed by atoms with E-state index >= 15 is 0 Å². The van der Waals surface area contributed by atoms with Gasteiger partial charge in [0.25, 0.3) is 0 Å². The second kappa shape index (κ2) is 3.64. The van der Waals surface area contributed by atoms with Crippen LogP contribution in [0.5, 0.6) is 0 Å². The molecule has 0 saturated heterocycles. The topological polar surface area (TPSA) is 63.1 Å². The molecule has 0 aliphatic heterocycles. The van der Waals surface area contributed by atoms with E-state index < -0.39 is 5.97 Å². The summed E-state index contributed by atoms with van der Waals surface area (Å²) in [5, 5.41) is 9.83. The monoisotopic (exact) mass is 242 g/mol. The van der Waals surface area contributed by atoms with Crippen LogP contribution in [0.15, 0.2) is 18.2 Å². The highest BCUT2D eigenvalue weighted by atomic mass is 35.5. The molecular weight excluding hydrogens is 239 g/mol. The zero-order chi connectivity index (χ0) is 11.0. The molecule has 76 valence electrons. The lowest BCUT2D eigenvalue weighted by atomic mass is 10.2. The molecule has 6 heteroatoms. The summed E-state index contributed by atoms with van der Waals surface area (Å²) in [6.45, 7) is 0. The lowest BCUT2D eigenvalue weighted by Crippen LogP contribution is -2.04. The maximum absolute atomic E-state index is 10.7. The van der Waals surface area contributed by atoms with Crippen LogP contribution in [0.4, 0.5) is 0 Å². The molecule has 0 unspecified atom stereocenters. The highest BCUT2D eigenvalue weighted by molar-refractivity contribution is 6.35. The van der Waals surface area contributed by atoms with Gasteiger partial charge in [-0.2, -0.15) is 0 Å². The first-order valence-corrected chi connectivity index (χ1v) is 4.69. The van der Waals surface area contributed by atoms with Crippen molar-refractivity contribution < 1.29 is 9.90 Å². The molecule has 1 aromatic carbocycles. The van der Waals surface area contributed by atoms with Crippen molar-refractivity contribution in [3.8, 4) is 0 Å². The predicted octanol–water partition coefficient (Wildman–Crippen LogP) is 2.63. The summed E-state index contributed by atoms with van der Waals surface area (Å²) >= 11 is 11.6. The van der Waals surface area contributed by atoms with Crippen LogP contribution in [0.1, 0.15) is 10.6 Å². The largest absolute Gasteiger partial charge is 0.475 e. The summed E-state index contributed by atoms with van der Waals surface area (Å²) in [6.07, 6.45) is 0. The number of carbonyl (C=O) groups is 1. The number of nitrogens with zero attached hydrogens (tertiary/aromatic N) is 2. The Hall–Kier alpha value is -1.39. The molecule has 2 rings (SSSR count). The zero-order valence-electron chi connectivity index (χ0n) is 7.24. The van der Waals surface area contributed by atoms with Crippen molar-refractivity contribution in [2.24, 2.45) is 0 Å². The molecule has 0 fully saturated rings. The SMILES string of the molecule is O=C(O)c1nc(Cl)c2cc(Cl)ccc2n1. The maximum atomic E-state index is 10.7. The van der Waals surface area contributed by atoms with E-state index in [0.29, 0.717) is 15.9 Å². The number of hydrogen-bond donors (Lipinski definition) is 1. The molecule has 0 aliphatic rings.